The highest BCUT2D eigenvalue weighted by molar-refractivity contribution is 7.71. The Bertz CT molecular complexity index is 1620. The second kappa shape index (κ2) is 15.5. The summed E-state index contributed by atoms with van der Waals surface area (Å²) in [6.45, 7) is 73.0. The molecule has 0 radical (unpaired) electrons. The van der Waals surface area contributed by atoms with Crippen molar-refractivity contribution in [3.8, 4) is 0 Å². The largest absolute Gasteiger partial charge is 0.442 e. The summed E-state index contributed by atoms with van der Waals surface area (Å²) in [7, 11) is -15.7. The highest BCUT2D eigenvalue weighted by atomic mass is 29.3. The molecule has 2 nitrogen and oxygen atoms in total. The molecule has 0 aromatic heterocycles. The quantitative estimate of drug-likeness (QED) is 0.187. The summed E-state index contributed by atoms with van der Waals surface area (Å²) in [6.07, 6.45) is 0. The second-order valence-electron chi connectivity index (χ2n) is 27.0. The molecule has 1 aliphatic rings. The lowest BCUT2D eigenvalue weighted by molar-refractivity contribution is 0.00578. The van der Waals surface area contributed by atoms with Crippen molar-refractivity contribution in [1.29, 1.82) is 0 Å². The molecule has 1 saturated heterocycles. The van der Waals surface area contributed by atoms with E-state index in [0.29, 0.717) is 15.5 Å². The molecule has 1 fully saturated rings. The summed E-state index contributed by atoms with van der Waals surface area (Å²) in [5.41, 5.74) is 8.72. The molecule has 0 unspecified atom stereocenters. The van der Waals surface area contributed by atoms with Gasteiger partial charge in [0.05, 0.1) is 11.2 Å². The molecule has 11 heteroatoms. The minimum absolute atomic E-state index is 0.264. The molecule has 56 heavy (non-hydrogen) atoms. The first kappa shape index (κ1) is 50.5. The molecule has 0 bridgehead atoms. The first-order chi connectivity index (χ1) is 24.5. The smallest absolute Gasteiger partial charge is 0.406 e. The first-order valence-electron chi connectivity index (χ1n) is 22.1. The zero-order valence-corrected chi connectivity index (χ0v) is 50.4. The Morgan fingerprint density at radius 1 is 0.429 bits per heavy atom. The Morgan fingerprint density at radius 3 is 0.964 bits per heavy atom. The topological polar surface area (TPSA) is 18.5 Å². The van der Waals surface area contributed by atoms with E-state index in [-0.39, 0.29) is 6.71 Å². The van der Waals surface area contributed by atoms with Crippen molar-refractivity contribution in [3.05, 3.63) is 57.6 Å². The van der Waals surface area contributed by atoms with Crippen LogP contribution in [-0.2, 0) is 9.31 Å². The van der Waals surface area contributed by atoms with E-state index in [1.165, 1.54) is 16.7 Å². The molecule has 2 aromatic carbocycles. The predicted molar refractivity (Wildman–Crippen MR) is 280 cm³/mol. The van der Waals surface area contributed by atoms with Crippen LogP contribution in [0.25, 0.3) is 0 Å². The first-order valence-corrected chi connectivity index (χ1v) is 50.1. The summed E-state index contributed by atoms with van der Waals surface area (Å²) >= 11 is 0. The van der Waals surface area contributed by atoms with E-state index in [4.69, 9.17) is 9.31 Å². The van der Waals surface area contributed by atoms with E-state index in [9.17, 15) is 0 Å². The lowest BCUT2D eigenvalue weighted by atomic mass is 9.90. The number of rotatable bonds is 13. The average Bonchev–Trinajstić information content (AvgIpc) is 3.07. The molecule has 318 valence electrons. The van der Waals surface area contributed by atoms with E-state index in [1.54, 1.807) is 21.9 Å². The Balaban J connectivity index is 3.12. The van der Waals surface area contributed by atoms with Gasteiger partial charge in [0.25, 0.3) is 0 Å². The van der Waals surface area contributed by atoms with Crippen molar-refractivity contribution in [3.63, 3.8) is 0 Å². The third-order valence-electron chi connectivity index (χ3n) is 13.6. The van der Waals surface area contributed by atoms with Crippen molar-refractivity contribution >= 4 is 80.6 Å². The third-order valence-corrected chi connectivity index (χ3v) is 57.1. The summed E-state index contributed by atoms with van der Waals surface area (Å²) in [5, 5.41) is 5.33. The molecule has 2 aromatic rings. The number of benzene rings is 2. The van der Waals surface area contributed by atoms with Crippen LogP contribution >= 0.6 is 0 Å². The average molecular weight is 900 g/mol. The summed E-state index contributed by atoms with van der Waals surface area (Å²) < 4.78 is 15.5. The van der Waals surface area contributed by atoms with E-state index >= 15 is 0 Å². The van der Waals surface area contributed by atoms with Crippen molar-refractivity contribution in [2.45, 2.75) is 213 Å². The van der Waals surface area contributed by atoms with Gasteiger partial charge in [0.1, 0.15) is 0 Å². The standard InChI is InChI=1S/C45H91BO2Si8/c1-33-29-34(2)39(35(3)30-33)56(55(26,27)28,46-47-44(4,5)45(6,7)48-46)40-37(42(51(14,15)16)52(17,18)19)31-36(41(49(8,9)10)50(11,12)13)32-38(40)43(53(20,21)22)54(23,24)25/h29-32,41-43H,1-28H3/t56-/m1/s1. The Labute approximate surface area is 357 Å². The van der Waals surface area contributed by atoms with Gasteiger partial charge in [-0.25, -0.2) is 0 Å². The van der Waals surface area contributed by atoms with E-state index < -0.39 is 74.7 Å². The maximum Gasteiger partial charge on any atom is 0.442 e. The fourth-order valence-corrected chi connectivity index (χ4v) is 67.2. The minimum Gasteiger partial charge on any atom is -0.406 e. The molecule has 0 spiro atoms. The lowest BCUT2D eigenvalue weighted by Crippen LogP contribution is -2.84. The van der Waals surface area contributed by atoms with Crippen LogP contribution in [0.4, 0.5) is 0 Å². The van der Waals surface area contributed by atoms with Gasteiger partial charge in [0, 0.05) is 56.0 Å². The minimum atomic E-state index is -2.98. The van der Waals surface area contributed by atoms with Crippen LogP contribution in [0.1, 0.15) is 76.6 Å². The van der Waals surface area contributed by atoms with Crippen LogP contribution in [0.15, 0.2) is 24.3 Å². The molecule has 1 atom stereocenters. The van der Waals surface area contributed by atoms with Gasteiger partial charge in [-0.15, -0.1) is 0 Å². The third kappa shape index (κ3) is 9.62. The number of hydrogen-bond donors (Lipinski definition) is 0. The predicted octanol–water partition coefficient (Wildman–Crippen LogP) is 13.3. The summed E-state index contributed by atoms with van der Waals surface area (Å²) in [4.78, 5) is 0. The molecule has 3 rings (SSSR count). The van der Waals surface area contributed by atoms with Crippen molar-refractivity contribution in [2.24, 2.45) is 0 Å². The van der Waals surface area contributed by atoms with Crippen LogP contribution in [0.3, 0.4) is 0 Å². The van der Waals surface area contributed by atoms with E-state index in [1.807, 2.05) is 5.19 Å². The Morgan fingerprint density at radius 2 is 0.714 bits per heavy atom. The van der Waals surface area contributed by atoms with E-state index in [2.05, 4.69) is 210 Å². The van der Waals surface area contributed by atoms with Gasteiger partial charge in [0.15, 0.2) is 7.46 Å². The zero-order valence-electron chi connectivity index (χ0n) is 42.4. The molecule has 1 heterocycles. The monoisotopic (exact) mass is 899 g/mol. The molecule has 0 amide bonds. The van der Waals surface area contributed by atoms with Crippen LogP contribution < -0.4 is 10.4 Å². The van der Waals surface area contributed by atoms with Crippen LogP contribution in [0, 0.1) is 20.8 Å². The normalized spacial score (nSPS) is 18.7. The van der Waals surface area contributed by atoms with Crippen LogP contribution in [0.2, 0.25) is 137 Å². The maximum atomic E-state index is 7.74. The van der Waals surface area contributed by atoms with Crippen molar-refractivity contribution in [2.75, 3.05) is 0 Å². The van der Waals surface area contributed by atoms with Gasteiger partial charge in [-0.3, -0.25) is 0 Å². The lowest BCUT2D eigenvalue weighted by Gasteiger charge is -2.52. The Hall–Kier alpha value is 0.160. The van der Waals surface area contributed by atoms with Crippen molar-refractivity contribution in [1.82, 2.24) is 0 Å². The highest BCUT2D eigenvalue weighted by Gasteiger charge is 2.69. The van der Waals surface area contributed by atoms with E-state index in [0.717, 1.165) is 0 Å². The molecule has 0 aliphatic carbocycles. The Kier molecular flexibility index (Phi) is 14.0. The summed E-state index contributed by atoms with van der Waals surface area (Å²) in [5.74, 6) is 0. The van der Waals surface area contributed by atoms with Gasteiger partial charge in [0.2, 0.25) is 0 Å². The fourth-order valence-electron chi connectivity index (χ4n) is 12.8. The van der Waals surface area contributed by atoms with Crippen LogP contribution in [-0.4, -0.2) is 81.4 Å². The second-order valence-corrected chi connectivity index (χ2v) is 75.0. The number of aryl methyl sites for hydroxylation is 3. The van der Waals surface area contributed by atoms with Gasteiger partial charge in [-0.05, 0) is 69.5 Å². The molecule has 0 N–H and O–H groups in total. The molecule has 0 saturated carbocycles. The summed E-state index contributed by atoms with van der Waals surface area (Å²) in [6, 6.07) is 10.9. The molecular weight excluding hydrogens is 808 g/mol. The number of hydrogen-bond acceptors (Lipinski definition) is 2. The molecular formula is C45H91BO2Si8. The van der Waals surface area contributed by atoms with Gasteiger partial charge >= 0.3 is 6.71 Å². The highest BCUT2D eigenvalue weighted by Crippen LogP contribution is 2.48. The fraction of sp³-hybridized carbons (Fsp3) is 0.733. The van der Waals surface area contributed by atoms with Gasteiger partial charge in [-0.1, -0.05) is 200 Å². The zero-order chi connectivity index (χ0) is 44.2. The maximum absolute atomic E-state index is 7.74. The molecule has 1 aliphatic heterocycles. The van der Waals surface area contributed by atoms with Crippen molar-refractivity contribution < 1.29 is 9.31 Å². The van der Waals surface area contributed by atoms with Gasteiger partial charge in [-0.2, -0.15) is 0 Å². The van der Waals surface area contributed by atoms with Crippen LogP contribution in [0.5, 0.6) is 0 Å². The van der Waals surface area contributed by atoms with Gasteiger partial charge < -0.3 is 9.31 Å². The SMILES string of the molecule is Cc1cc(C)c([Si@](B2OC(C)(C)C(C)(C)O2)(c2c(C([Si](C)(C)C)[Si](C)(C)C)cc(C([Si](C)(C)C)[Si](C)(C)C)cc2C([Si](C)(C)C)[Si](C)(C)C)[Si](C)(C)C)c(C)c1.